The standard InChI is InChI=1S/C20H22BrFN2O2/c21-15-12-17(22)19(20(23)25)18(13-15)24-9-6-16(7-10-24)26-11-8-14-4-2-1-3-5-14/h1-5,12-13,16H,6-11H2,(H2,23,25). The van der Waals surface area contributed by atoms with Crippen molar-refractivity contribution in [3.8, 4) is 0 Å². The van der Waals surface area contributed by atoms with Gasteiger partial charge in [0.15, 0.2) is 0 Å². The summed E-state index contributed by atoms with van der Waals surface area (Å²) in [5.74, 6) is -1.34. The first-order valence-corrected chi connectivity index (χ1v) is 9.53. The second kappa shape index (κ2) is 8.64. The molecule has 1 saturated heterocycles. The molecule has 1 heterocycles. The highest BCUT2D eigenvalue weighted by Crippen LogP contribution is 2.30. The Morgan fingerprint density at radius 2 is 1.92 bits per heavy atom. The normalized spacial score (nSPS) is 15.2. The number of nitrogens with two attached hydrogens (primary N) is 1. The van der Waals surface area contributed by atoms with Gasteiger partial charge in [0.2, 0.25) is 0 Å². The van der Waals surface area contributed by atoms with E-state index in [9.17, 15) is 9.18 Å². The van der Waals surface area contributed by atoms with Crippen LogP contribution in [0.1, 0.15) is 28.8 Å². The molecular weight excluding hydrogens is 399 g/mol. The molecule has 0 aliphatic carbocycles. The molecule has 2 aromatic carbocycles. The minimum absolute atomic E-state index is 0.0448. The molecule has 1 fully saturated rings. The van der Waals surface area contributed by atoms with Gasteiger partial charge < -0.3 is 15.4 Å². The number of carbonyl (C=O) groups is 1. The van der Waals surface area contributed by atoms with Crippen molar-refractivity contribution >= 4 is 27.5 Å². The Morgan fingerprint density at radius 1 is 1.23 bits per heavy atom. The summed E-state index contributed by atoms with van der Waals surface area (Å²) in [5.41, 5.74) is 7.14. The maximum Gasteiger partial charge on any atom is 0.253 e. The lowest BCUT2D eigenvalue weighted by molar-refractivity contribution is 0.0390. The fourth-order valence-corrected chi connectivity index (χ4v) is 3.72. The summed E-state index contributed by atoms with van der Waals surface area (Å²) in [6, 6.07) is 13.3. The maximum absolute atomic E-state index is 14.1. The van der Waals surface area contributed by atoms with Crippen LogP contribution < -0.4 is 10.6 Å². The van der Waals surface area contributed by atoms with Gasteiger partial charge in [-0.05, 0) is 37.0 Å². The van der Waals surface area contributed by atoms with Crippen LogP contribution in [0, 0.1) is 5.82 Å². The van der Waals surface area contributed by atoms with Gasteiger partial charge in [0.05, 0.1) is 24.0 Å². The quantitative estimate of drug-likeness (QED) is 0.770. The average Bonchev–Trinajstić information content (AvgIpc) is 2.62. The first kappa shape index (κ1) is 18.9. The van der Waals surface area contributed by atoms with Gasteiger partial charge in [-0.1, -0.05) is 46.3 Å². The highest BCUT2D eigenvalue weighted by Gasteiger charge is 2.25. The zero-order valence-corrected chi connectivity index (χ0v) is 16.0. The van der Waals surface area contributed by atoms with Gasteiger partial charge in [0, 0.05) is 17.6 Å². The molecule has 0 aromatic heterocycles. The molecule has 0 atom stereocenters. The van der Waals surface area contributed by atoms with E-state index < -0.39 is 11.7 Å². The van der Waals surface area contributed by atoms with Gasteiger partial charge in [0.25, 0.3) is 5.91 Å². The molecule has 1 amide bonds. The van der Waals surface area contributed by atoms with E-state index in [4.69, 9.17) is 10.5 Å². The first-order chi connectivity index (χ1) is 12.5. The third-order valence-electron chi connectivity index (χ3n) is 4.65. The average molecular weight is 421 g/mol. The van der Waals surface area contributed by atoms with Gasteiger partial charge in [-0.25, -0.2) is 4.39 Å². The minimum atomic E-state index is -0.744. The van der Waals surface area contributed by atoms with Crippen molar-refractivity contribution in [1.82, 2.24) is 0 Å². The Balaban J connectivity index is 1.56. The van der Waals surface area contributed by atoms with Crippen molar-refractivity contribution in [2.45, 2.75) is 25.4 Å². The molecule has 2 N–H and O–H groups in total. The summed E-state index contributed by atoms with van der Waals surface area (Å²) in [6.07, 6.45) is 2.75. The van der Waals surface area contributed by atoms with Crippen molar-refractivity contribution in [1.29, 1.82) is 0 Å². The Bertz CT molecular complexity index is 762. The van der Waals surface area contributed by atoms with Crippen molar-refractivity contribution < 1.29 is 13.9 Å². The molecule has 0 unspecified atom stereocenters. The number of carbonyl (C=O) groups excluding carboxylic acids is 1. The molecule has 138 valence electrons. The van der Waals surface area contributed by atoms with E-state index in [0.717, 1.165) is 19.3 Å². The van der Waals surface area contributed by atoms with E-state index in [1.807, 2.05) is 23.1 Å². The molecule has 2 aromatic rings. The number of benzene rings is 2. The van der Waals surface area contributed by atoms with E-state index >= 15 is 0 Å². The van der Waals surface area contributed by atoms with Gasteiger partial charge in [-0.3, -0.25) is 4.79 Å². The molecule has 0 bridgehead atoms. The highest BCUT2D eigenvalue weighted by molar-refractivity contribution is 9.10. The van der Waals surface area contributed by atoms with E-state index in [-0.39, 0.29) is 11.7 Å². The highest BCUT2D eigenvalue weighted by atomic mass is 79.9. The van der Waals surface area contributed by atoms with Crippen LogP contribution in [0.25, 0.3) is 0 Å². The molecule has 6 heteroatoms. The van der Waals surface area contributed by atoms with Gasteiger partial charge in [-0.15, -0.1) is 0 Å². The number of rotatable bonds is 6. The third kappa shape index (κ3) is 4.62. The van der Waals surface area contributed by atoms with Gasteiger partial charge in [-0.2, -0.15) is 0 Å². The largest absolute Gasteiger partial charge is 0.378 e. The monoisotopic (exact) mass is 420 g/mol. The summed E-state index contributed by atoms with van der Waals surface area (Å²) in [5, 5.41) is 0. The van der Waals surface area contributed by atoms with Crippen LogP contribution in [0.5, 0.6) is 0 Å². The number of ether oxygens (including phenoxy) is 1. The SMILES string of the molecule is NC(=O)c1c(F)cc(Br)cc1N1CCC(OCCc2ccccc2)CC1. The van der Waals surface area contributed by atoms with Crippen LogP contribution in [-0.4, -0.2) is 31.7 Å². The number of hydrogen-bond donors (Lipinski definition) is 1. The van der Waals surface area contributed by atoms with E-state index in [1.54, 1.807) is 6.07 Å². The minimum Gasteiger partial charge on any atom is -0.378 e. The lowest BCUT2D eigenvalue weighted by Crippen LogP contribution is -2.38. The fourth-order valence-electron chi connectivity index (χ4n) is 3.30. The molecule has 0 radical (unpaired) electrons. The number of piperidine rings is 1. The number of amides is 1. The second-order valence-electron chi connectivity index (χ2n) is 6.44. The third-order valence-corrected chi connectivity index (χ3v) is 5.11. The van der Waals surface area contributed by atoms with Crippen LogP contribution in [-0.2, 0) is 11.2 Å². The number of hydrogen-bond acceptors (Lipinski definition) is 3. The van der Waals surface area contributed by atoms with Gasteiger partial charge >= 0.3 is 0 Å². The molecule has 1 aliphatic rings. The van der Waals surface area contributed by atoms with E-state index in [1.165, 1.54) is 11.6 Å². The molecule has 26 heavy (non-hydrogen) atoms. The van der Waals surface area contributed by atoms with Crippen LogP contribution in [0.4, 0.5) is 10.1 Å². The summed E-state index contributed by atoms with van der Waals surface area (Å²) in [7, 11) is 0. The Kier molecular flexibility index (Phi) is 6.27. The zero-order chi connectivity index (χ0) is 18.5. The van der Waals surface area contributed by atoms with Crippen LogP contribution in [0.2, 0.25) is 0 Å². The number of anilines is 1. The van der Waals surface area contributed by atoms with Crippen LogP contribution >= 0.6 is 15.9 Å². The van der Waals surface area contributed by atoms with E-state index in [2.05, 4.69) is 28.1 Å². The van der Waals surface area contributed by atoms with Crippen molar-refractivity contribution in [3.63, 3.8) is 0 Å². The lowest BCUT2D eigenvalue weighted by Gasteiger charge is -2.34. The fraction of sp³-hybridized carbons (Fsp3) is 0.350. The zero-order valence-electron chi connectivity index (χ0n) is 14.5. The number of nitrogens with zero attached hydrogens (tertiary/aromatic N) is 1. The Labute approximate surface area is 161 Å². The summed E-state index contributed by atoms with van der Waals surface area (Å²) in [4.78, 5) is 13.7. The smallest absolute Gasteiger partial charge is 0.253 e. The Hall–Kier alpha value is -1.92. The van der Waals surface area contributed by atoms with Crippen LogP contribution in [0.15, 0.2) is 46.9 Å². The summed E-state index contributed by atoms with van der Waals surface area (Å²) < 4.78 is 20.7. The van der Waals surface area contributed by atoms with Crippen molar-refractivity contribution in [2.24, 2.45) is 5.73 Å². The van der Waals surface area contributed by atoms with Crippen molar-refractivity contribution in [2.75, 3.05) is 24.6 Å². The van der Waals surface area contributed by atoms with Crippen LogP contribution in [0.3, 0.4) is 0 Å². The predicted octanol–water partition coefficient (Wildman–Crippen LogP) is 3.92. The molecule has 0 saturated carbocycles. The summed E-state index contributed by atoms with van der Waals surface area (Å²) >= 11 is 3.29. The second-order valence-corrected chi connectivity index (χ2v) is 7.35. The molecule has 0 spiro atoms. The van der Waals surface area contributed by atoms with Crippen molar-refractivity contribution in [3.05, 3.63) is 63.9 Å². The van der Waals surface area contributed by atoms with E-state index in [0.29, 0.717) is 29.9 Å². The first-order valence-electron chi connectivity index (χ1n) is 8.74. The maximum atomic E-state index is 14.1. The molecular formula is C20H22BrFN2O2. The Morgan fingerprint density at radius 3 is 2.58 bits per heavy atom. The van der Waals surface area contributed by atoms with Gasteiger partial charge in [0.1, 0.15) is 5.82 Å². The number of halogens is 2. The summed E-state index contributed by atoms with van der Waals surface area (Å²) in [6.45, 7) is 2.09. The lowest BCUT2D eigenvalue weighted by atomic mass is 10.0. The molecule has 1 aliphatic heterocycles. The number of primary amides is 1. The predicted molar refractivity (Wildman–Crippen MR) is 104 cm³/mol. The topological polar surface area (TPSA) is 55.6 Å². The molecule has 4 nitrogen and oxygen atoms in total. The molecule has 3 rings (SSSR count).